The van der Waals surface area contributed by atoms with Crippen LogP contribution in [0.25, 0.3) is 6.08 Å². The van der Waals surface area contributed by atoms with E-state index in [1.807, 2.05) is 18.2 Å². The van der Waals surface area contributed by atoms with Crippen molar-refractivity contribution in [2.75, 3.05) is 4.90 Å². The molecule has 23 heavy (non-hydrogen) atoms. The van der Waals surface area contributed by atoms with Gasteiger partial charge >= 0.3 is 0 Å². The van der Waals surface area contributed by atoms with E-state index in [-0.39, 0.29) is 0 Å². The summed E-state index contributed by atoms with van der Waals surface area (Å²) in [6, 6.07) is 29.1. The van der Waals surface area contributed by atoms with Crippen LogP contribution in [0.2, 0.25) is 0 Å². The average molecular weight is 295 g/mol. The zero-order chi connectivity index (χ0) is 15.9. The van der Waals surface area contributed by atoms with Crippen LogP contribution in [0.1, 0.15) is 5.56 Å². The quantitative estimate of drug-likeness (QED) is 0.550. The third kappa shape index (κ3) is 3.51. The van der Waals surface area contributed by atoms with Crippen LogP contribution in [-0.2, 0) is 0 Å². The SMILES string of the molecule is C#C/C=C/c1ccc(N(c2ccccc2)c2ccccc2)cc1. The fourth-order valence-electron chi connectivity index (χ4n) is 2.48. The summed E-state index contributed by atoms with van der Waals surface area (Å²) in [5, 5.41) is 0. The summed E-state index contributed by atoms with van der Waals surface area (Å²) in [5.41, 5.74) is 4.46. The number of anilines is 3. The number of benzene rings is 3. The maximum atomic E-state index is 5.26. The molecule has 3 aromatic carbocycles. The van der Waals surface area contributed by atoms with Crippen LogP contribution in [0.4, 0.5) is 17.1 Å². The lowest BCUT2D eigenvalue weighted by Crippen LogP contribution is -2.09. The third-order valence-corrected chi connectivity index (χ3v) is 3.55. The van der Waals surface area contributed by atoms with Gasteiger partial charge in [-0.15, -0.1) is 6.42 Å². The normalized spacial score (nSPS) is 10.4. The summed E-state index contributed by atoms with van der Waals surface area (Å²) >= 11 is 0. The van der Waals surface area contributed by atoms with Crippen LogP contribution in [0.15, 0.2) is 91.0 Å². The number of allylic oxidation sites excluding steroid dienone is 1. The van der Waals surface area contributed by atoms with Crippen molar-refractivity contribution in [2.24, 2.45) is 0 Å². The molecule has 3 rings (SSSR count). The maximum Gasteiger partial charge on any atom is 0.0462 e. The highest BCUT2D eigenvalue weighted by atomic mass is 15.1. The van der Waals surface area contributed by atoms with Gasteiger partial charge in [0.25, 0.3) is 0 Å². The van der Waals surface area contributed by atoms with E-state index in [9.17, 15) is 0 Å². The second-order valence-electron chi connectivity index (χ2n) is 5.10. The Balaban J connectivity index is 2.03. The largest absolute Gasteiger partial charge is 0.311 e. The fourth-order valence-corrected chi connectivity index (χ4v) is 2.48. The van der Waals surface area contributed by atoms with Crippen LogP contribution >= 0.6 is 0 Å². The molecule has 0 aliphatic rings. The van der Waals surface area contributed by atoms with Gasteiger partial charge in [0, 0.05) is 17.1 Å². The van der Waals surface area contributed by atoms with E-state index in [2.05, 4.69) is 83.6 Å². The number of rotatable bonds is 4. The molecule has 0 spiro atoms. The first-order valence-corrected chi connectivity index (χ1v) is 7.51. The maximum absolute atomic E-state index is 5.26. The number of terminal acetylenes is 1. The van der Waals surface area contributed by atoms with Crippen molar-refractivity contribution in [1.29, 1.82) is 0 Å². The summed E-state index contributed by atoms with van der Waals surface area (Å²) in [5.74, 6) is 2.51. The highest BCUT2D eigenvalue weighted by molar-refractivity contribution is 5.76. The van der Waals surface area contributed by atoms with E-state index in [1.165, 1.54) is 0 Å². The van der Waals surface area contributed by atoms with Crippen molar-refractivity contribution >= 4 is 23.1 Å². The molecule has 0 saturated carbocycles. The molecule has 0 heterocycles. The Hall–Kier alpha value is -3.24. The summed E-state index contributed by atoms with van der Waals surface area (Å²) in [4.78, 5) is 2.23. The molecule has 0 fully saturated rings. The monoisotopic (exact) mass is 295 g/mol. The topological polar surface area (TPSA) is 3.24 Å². The van der Waals surface area contributed by atoms with Crippen LogP contribution in [0.3, 0.4) is 0 Å². The first-order chi connectivity index (χ1) is 11.4. The second-order valence-corrected chi connectivity index (χ2v) is 5.10. The molecule has 0 unspecified atom stereocenters. The summed E-state index contributed by atoms with van der Waals surface area (Å²) in [6.45, 7) is 0. The van der Waals surface area contributed by atoms with Crippen molar-refractivity contribution in [3.63, 3.8) is 0 Å². The molecular weight excluding hydrogens is 278 g/mol. The van der Waals surface area contributed by atoms with Gasteiger partial charge in [0.1, 0.15) is 0 Å². The lowest BCUT2D eigenvalue weighted by Gasteiger charge is -2.25. The molecule has 1 heteroatoms. The van der Waals surface area contributed by atoms with Gasteiger partial charge in [0.2, 0.25) is 0 Å². The Morgan fingerprint density at radius 3 is 1.61 bits per heavy atom. The van der Waals surface area contributed by atoms with E-state index >= 15 is 0 Å². The standard InChI is InChI=1S/C22H17N/c1-2-3-10-19-15-17-22(18-16-19)23(20-11-6-4-7-12-20)21-13-8-5-9-14-21/h1,3-18H/b10-3+. The highest BCUT2D eigenvalue weighted by Crippen LogP contribution is 2.34. The summed E-state index contributed by atoms with van der Waals surface area (Å²) in [7, 11) is 0. The molecule has 110 valence electrons. The molecule has 0 saturated heterocycles. The highest BCUT2D eigenvalue weighted by Gasteiger charge is 2.10. The number of nitrogens with zero attached hydrogens (tertiary/aromatic N) is 1. The molecule has 0 aliphatic carbocycles. The van der Waals surface area contributed by atoms with E-state index in [4.69, 9.17) is 6.42 Å². The molecule has 0 aliphatic heterocycles. The third-order valence-electron chi connectivity index (χ3n) is 3.55. The van der Waals surface area contributed by atoms with Gasteiger partial charge in [-0.3, -0.25) is 0 Å². The Bertz CT molecular complexity index is 770. The molecule has 0 bridgehead atoms. The summed E-state index contributed by atoms with van der Waals surface area (Å²) < 4.78 is 0. The smallest absolute Gasteiger partial charge is 0.0462 e. The lowest BCUT2D eigenvalue weighted by molar-refractivity contribution is 1.28. The van der Waals surface area contributed by atoms with Crippen LogP contribution in [-0.4, -0.2) is 0 Å². The summed E-state index contributed by atoms with van der Waals surface area (Å²) in [6.07, 6.45) is 8.90. The second kappa shape index (κ2) is 7.15. The lowest BCUT2D eigenvalue weighted by atomic mass is 10.1. The van der Waals surface area contributed by atoms with Crippen LogP contribution < -0.4 is 4.90 Å². The molecule has 3 aromatic rings. The molecule has 0 aromatic heterocycles. The van der Waals surface area contributed by atoms with Crippen molar-refractivity contribution in [3.8, 4) is 12.3 Å². The van der Waals surface area contributed by atoms with Crippen molar-refractivity contribution in [2.45, 2.75) is 0 Å². The van der Waals surface area contributed by atoms with Gasteiger partial charge < -0.3 is 4.90 Å². The Labute approximate surface area is 137 Å². The molecule has 1 nitrogen and oxygen atoms in total. The predicted octanol–water partition coefficient (Wildman–Crippen LogP) is 5.80. The minimum Gasteiger partial charge on any atom is -0.311 e. The molecular formula is C22H17N. The van der Waals surface area contributed by atoms with Crippen molar-refractivity contribution in [1.82, 2.24) is 0 Å². The van der Waals surface area contributed by atoms with Gasteiger partial charge in [0.15, 0.2) is 0 Å². The van der Waals surface area contributed by atoms with E-state index in [0.717, 1.165) is 22.6 Å². The van der Waals surface area contributed by atoms with Crippen LogP contribution in [0.5, 0.6) is 0 Å². The number of hydrogen-bond acceptors (Lipinski definition) is 1. The Kier molecular flexibility index (Phi) is 4.57. The van der Waals surface area contributed by atoms with Crippen molar-refractivity contribution < 1.29 is 0 Å². The molecule has 0 atom stereocenters. The zero-order valence-electron chi connectivity index (χ0n) is 12.8. The van der Waals surface area contributed by atoms with Gasteiger partial charge in [-0.2, -0.15) is 0 Å². The first kappa shape index (κ1) is 14.7. The minimum absolute atomic E-state index is 1.09. The number of hydrogen-bond donors (Lipinski definition) is 0. The van der Waals surface area contributed by atoms with E-state index in [0.29, 0.717) is 0 Å². The minimum atomic E-state index is 1.09. The van der Waals surface area contributed by atoms with E-state index in [1.54, 1.807) is 6.08 Å². The Morgan fingerprint density at radius 1 is 0.652 bits per heavy atom. The molecule has 0 N–H and O–H groups in total. The van der Waals surface area contributed by atoms with Crippen molar-refractivity contribution in [3.05, 3.63) is 96.6 Å². The van der Waals surface area contributed by atoms with E-state index < -0.39 is 0 Å². The van der Waals surface area contributed by atoms with Gasteiger partial charge in [-0.1, -0.05) is 54.5 Å². The average Bonchev–Trinajstić information content (AvgIpc) is 2.63. The number of para-hydroxylation sites is 2. The van der Waals surface area contributed by atoms with Gasteiger partial charge in [-0.25, -0.2) is 0 Å². The Morgan fingerprint density at radius 2 is 1.13 bits per heavy atom. The zero-order valence-corrected chi connectivity index (χ0v) is 12.8. The van der Waals surface area contributed by atoms with Gasteiger partial charge in [-0.05, 0) is 54.1 Å². The molecule has 0 radical (unpaired) electrons. The van der Waals surface area contributed by atoms with Gasteiger partial charge in [0.05, 0.1) is 0 Å². The first-order valence-electron chi connectivity index (χ1n) is 7.51. The fraction of sp³-hybridized carbons (Fsp3) is 0. The predicted molar refractivity (Wildman–Crippen MR) is 99.0 cm³/mol. The van der Waals surface area contributed by atoms with Crippen LogP contribution in [0, 0.1) is 12.3 Å². The molecule has 0 amide bonds.